The third-order valence-corrected chi connectivity index (χ3v) is 9.56. The molecule has 6 rings (SSSR count). The van der Waals surface area contributed by atoms with Gasteiger partial charge in [-0.15, -0.1) is 11.3 Å². The van der Waals surface area contributed by atoms with Crippen LogP contribution in [-0.4, -0.2) is 17.1 Å². The van der Waals surface area contributed by atoms with E-state index in [1.54, 1.807) is 11.3 Å². The van der Waals surface area contributed by atoms with Crippen LogP contribution in [0.3, 0.4) is 0 Å². The number of carbonyl (C=O) groups is 1. The highest BCUT2D eigenvalue weighted by atomic mass is 32.1. The van der Waals surface area contributed by atoms with E-state index >= 15 is 0 Å². The second-order valence-corrected chi connectivity index (χ2v) is 13.4. The van der Waals surface area contributed by atoms with E-state index in [0.29, 0.717) is 5.92 Å². The molecular weight excluding hydrogens is 522 g/mol. The molecule has 1 aliphatic rings. The van der Waals surface area contributed by atoms with Gasteiger partial charge in [0.25, 0.3) is 5.91 Å². The molecule has 2 N–H and O–H groups in total. The van der Waals surface area contributed by atoms with E-state index in [4.69, 9.17) is 4.99 Å². The van der Waals surface area contributed by atoms with E-state index in [9.17, 15) is 4.79 Å². The summed E-state index contributed by atoms with van der Waals surface area (Å²) in [4.78, 5) is 23.9. The van der Waals surface area contributed by atoms with Gasteiger partial charge in [-0.3, -0.25) is 4.79 Å². The Morgan fingerprint density at radius 1 is 1.02 bits per heavy atom. The van der Waals surface area contributed by atoms with E-state index in [0.717, 1.165) is 63.2 Å². The Morgan fingerprint density at radius 3 is 2.44 bits per heavy atom. The number of hydrogen-bond donors (Lipinski definition) is 2. The minimum atomic E-state index is -0.0797. The van der Waals surface area contributed by atoms with Gasteiger partial charge in [-0.2, -0.15) is 0 Å². The van der Waals surface area contributed by atoms with E-state index in [1.807, 2.05) is 42.6 Å². The van der Waals surface area contributed by atoms with Gasteiger partial charge in [0, 0.05) is 33.2 Å². The van der Waals surface area contributed by atoms with E-state index in [-0.39, 0.29) is 11.3 Å². The van der Waals surface area contributed by atoms with Crippen molar-refractivity contribution in [3.8, 4) is 11.3 Å². The average molecular weight is 560 g/mol. The van der Waals surface area contributed by atoms with Crippen LogP contribution in [0.15, 0.2) is 77.8 Å². The Bertz CT molecular complexity index is 1750. The number of fused-ring (bicyclic) bond motifs is 2. The molecule has 0 saturated carbocycles. The van der Waals surface area contributed by atoms with Crippen LogP contribution >= 0.6 is 11.3 Å². The Kier molecular flexibility index (Phi) is 7.16. The van der Waals surface area contributed by atoms with Gasteiger partial charge >= 0.3 is 0 Å². The van der Waals surface area contributed by atoms with Crippen molar-refractivity contribution in [2.75, 3.05) is 5.32 Å². The number of nitrogens with zero attached hydrogens (tertiary/aromatic N) is 1. The minimum Gasteiger partial charge on any atom is -0.354 e. The summed E-state index contributed by atoms with van der Waals surface area (Å²) in [7, 11) is 0. The molecule has 4 nitrogen and oxygen atoms in total. The second kappa shape index (κ2) is 10.8. The fraction of sp³-hybridized carbons (Fsp3) is 0.278. The van der Waals surface area contributed by atoms with Crippen LogP contribution in [0.25, 0.3) is 22.2 Å². The van der Waals surface area contributed by atoms with Gasteiger partial charge in [-0.1, -0.05) is 80.9 Å². The van der Waals surface area contributed by atoms with Gasteiger partial charge in [0.05, 0.1) is 11.3 Å². The first-order valence-corrected chi connectivity index (χ1v) is 15.2. The maximum absolute atomic E-state index is 13.8. The number of aromatic amines is 1. The molecule has 1 aliphatic carbocycles. The van der Waals surface area contributed by atoms with Crippen LogP contribution in [0, 0.1) is 25.2 Å². The number of nitrogens with one attached hydrogen (secondary N) is 2. The highest BCUT2D eigenvalue weighted by Gasteiger charge is 2.33. The molecule has 208 valence electrons. The lowest BCUT2D eigenvalue weighted by Crippen LogP contribution is -2.27. The Labute approximate surface area is 246 Å². The smallest absolute Gasteiger partial charge is 0.259 e. The van der Waals surface area contributed by atoms with E-state index in [2.05, 4.69) is 81.3 Å². The number of thiophene rings is 1. The first kappa shape index (κ1) is 27.2. The fourth-order valence-corrected chi connectivity index (χ4v) is 7.38. The molecule has 0 saturated heterocycles. The zero-order chi connectivity index (χ0) is 28.7. The number of anilines is 1. The molecule has 1 amide bonds. The largest absolute Gasteiger partial charge is 0.354 e. The first-order valence-electron chi connectivity index (χ1n) is 14.4. The minimum absolute atomic E-state index is 0.0797. The second-order valence-electron chi connectivity index (χ2n) is 12.4. The van der Waals surface area contributed by atoms with Crippen LogP contribution in [0.5, 0.6) is 0 Å². The SMILES string of the molecule is Cc1cc(C)c2[nH]c(-c3ccccc3)c(C=Nc3sc4c(c3C(=O)Nc3ccccc3)CC[C@@H](C(C)(C)C)C4)c2c1. The predicted molar refractivity (Wildman–Crippen MR) is 174 cm³/mol. The number of H-pyrrole nitrogens is 1. The molecule has 0 fully saturated rings. The zero-order valence-electron chi connectivity index (χ0n) is 24.5. The molecule has 0 unspecified atom stereocenters. The van der Waals surface area contributed by atoms with Crippen molar-refractivity contribution in [2.45, 2.75) is 53.9 Å². The highest BCUT2D eigenvalue weighted by molar-refractivity contribution is 7.16. The molecule has 0 bridgehead atoms. The van der Waals surface area contributed by atoms with Crippen LogP contribution in [0.1, 0.15) is 64.7 Å². The van der Waals surface area contributed by atoms with Crippen LogP contribution in [-0.2, 0) is 12.8 Å². The van der Waals surface area contributed by atoms with E-state index in [1.165, 1.54) is 21.6 Å². The number of hydrogen-bond acceptors (Lipinski definition) is 3. The van der Waals surface area contributed by atoms with Gasteiger partial charge < -0.3 is 10.3 Å². The Balaban J connectivity index is 1.48. The van der Waals surface area contributed by atoms with Gasteiger partial charge in [0.15, 0.2) is 0 Å². The molecule has 0 aliphatic heterocycles. The molecule has 2 heterocycles. The summed E-state index contributed by atoms with van der Waals surface area (Å²) in [6.07, 6.45) is 4.95. The molecule has 5 heteroatoms. The molecular formula is C36H37N3OS. The lowest BCUT2D eigenvalue weighted by Gasteiger charge is -2.33. The quantitative estimate of drug-likeness (QED) is 0.207. The number of amides is 1. The normalized spacial score (nSPS) is 15.4. The maximum Gasteiger partial charge on any atom is 0.259 e. The molecule has 3 aromatic carbocycles. The fourth-order valence-electron chi connectivity index (χ4n) is 6.11. The summed E-state index contributed by atoms with van der Waals surface area (Å²) in [5.74, 6) is 0.503. The van der Waals surface area contributed by atoms with Crippen molar-refractivity contribution in [3.05, 3.63) is 105 Å². The van der Waals surface area contributed by atoms with Gasteiger partial charge in [-0.25, -0.2) is 4.99 Å². The number of carbonyl (C=O) groups excluding carboxylic acids is 1. The highest BCUT2D eigenvalue weighted by Crippen LogP contribution is 2.45. The summed E-state index contributed by atoms with van der Waals surface area (Å²) >= 11 is 1.69. The first-order chi connectivity index (χ1) is 19.7. The van der Waals surface area contributed by atoms with Crippen molar-refractivity contribution < 1.29 is 4.79 Å². The summed E-state index contributed by atoms with van der Waals surface area (Å²) in [6.45, 7) is 11.2. The van der Waals surface area contributed by atoms with Crippen molar-refractivity contribution in [2.24, 2.45) is 16.3 Å². The number of aliphatic imine (C=N–C) groups is 1. The molecule has 2 aromatic heterocycles. The lowest BCUT2D eigenvalue weighted by atomic mass is 9.72. The number of aromatic nitrogens is 1. The van der Waals surface area contributed by atoms with Gasteiger partial charge in [0.2, 0.25) is 0 Å². The molecule has 5 aromatic rings. The van der Waals surface area contributed by atoms with Crippen LogP contribution in [0.4, 0.5) is 10.7 Å². The van der Waals surface area contributed by atoms with Gasteiger partial charge in [-0.05, 0) is 79.3 Å². The summed E-state index contributed by atoms with van der Waals surface area (Å²) < 4.78 is 0. The third kappa shape index (κ3) is 5.39. The standard InChI is InChI=1S/C36H37N3OS/c1-22-18-23(2)32-28(19-22)29(33(39-32)24-12-8-6-9-13-24)21-37-35-31(34(40)38-26-14-10-7-11-15-26)27-17-16-25(36(3,4)5)20-30(27)41-35/h6-15,18-19,21,25,39H,16-17,20H2,1-5H3,(H,38,40)/t25-/m1/s1. The Hall–Kier alpha value is -3.96. The summed E-state index contributed by atoms with van der Waals surface area (Å²) in [5.41, 5.74) is 9.67. The predicted octanol–water partition coefficient (Wildman–Crippen LogP) is 9.67. The van der Waals surface area contributed by atoms with E-state index < -0.39 is 0 Å². The number of rotatable bonds is 5. The lowest BCUT2D eigenvalue weighted by molar-refractivity contribution is 0.102. The molecule has 0 radical (unpaired) electrons. The van der Waals surface area contributed by atoms with Crippen LogP contribution < -0.4 is 5.32 Å². The number of benzene rings is 3. The zero-order valence-corrected chi connectivity index (χ0v) is 25.3. The third-order valence-electron chi connectivity index (χ3n) is 8.39. The van der Waals surface area contributed by atoms with Crippen molar-refractivity contribution in [1.29, 1.82) is 0 Å². The number of para-hydroxylation sites is 1. The molecule has 1 atom stereocenters. The maximum atomic E-state index is 13.8. The topological polar surface area (TPSA) is 57.2 Å². The van der Waals surface area contributed by atoms with Crippen molar-refractivity contribution in [3.63, 3.8) is 0 Å². The summed E-state index contributed by atoms with van der Waals surface area (Å²) in [5, 5.41) is 5.07. The summed E-state index contributed by atoms with van der Waals surface area (Å²) in [6, 6.07) is 24.5. The van der Waals surface area contributed by atoms with Crippen molar-refractivity contribution in [1.82, 2.24) is 4.98 Å². The Morgan fingerprint density at radius 2 is 1.73 bits per heavy atom. The van der Waals surface area contributed by atoms with Crippen LogP contribution in [0.2, 0.25) is 0 Å². The average Bonchev–Trinajstić information content (AvgIpc) is 3.50. The number of aryl methyl sites for hydroxylation is 2. The monoisotopic (exact) mass is 559 g/mol. The van der Waals surface area contributed by atoms with Gasteiger partial charge in [0.1, 0.15) is 5.00 Å². The van der Waals surface area contributed by atoms with Crippen molar-refractivity contribution >= 4 is 45.0 Å². The molecule has 0 spiro atoms. The molecule has 41 heavy (non-hydrogen) atoms.